The molecule has 0 unspecified atom stereocenters. The Hall–Kier alpha value is -0.630. The lowest BCUT2D eigenvalue weighted by molar-refractivity contribution is -0.140. The zero-order chi connectivity index (χ0) is 14.4. The van der Waals surface area contributed by atoms with Crippen molar-refractivity contribution < 1.29 is 14.3 Å². The van der Waals surface area contributed by atoms with Crippen molar-refractivity contribution in [1.82, 2.24) is 4.90 Å². The molecule has 0 aliphatic rings. The number of hydrogen-bond donors (Lipinski definition) is 0. The summed E-state index contributed by atoms with van der Waals surface area (Å²) in [4.78, 5) is 24.7. The first-order chi connectivity index (χ1) is 8.95. The Morgan fingerprint density at radius 2 is 2.11 bits per heavy atom. The van der Waals surface area contributed by atoms with Gasteiger partial charge in [-0.3, -0.25) is 9.59 Å². The highest BCUT2D eigenvalue weighted by molar-refractivity contribution is 14.1. The lowest BCUT2D eigenvalue weighted by Crippen LogP contribution is -2.28. The fourth-order valence-electron chi connectivity index (χ4n) is 1.51. The smallest absolute Gasteiger partial charge is 0.305 e. The van der Waals surface area contributed by atoms with Crippen molar-refractivity contribution in [3.05, 3.63) is 31.8 Å². The molecule has 0 bridgehead atoms. The van der Waals surface area contributed by atoms with Gasteiger partial charge in [0.1, 0.15) is 0 Å². The van der Waals surface area contributed by atoms with Gasteiger partial charge in [0.15, 0.2) is 0 Å². The number of methoxy groups -OCH3 is 1. The topological polar surface area (TPSA) is 46.6 Å². The Labute approximate surface area is 134 Å². The van der Waals surface area contributed by atoms with E-state index in [1.54, 1.807) is 24.1 Å². The van der Waals surface area contributed by atoms with Crippen LogP contribution in [0.3, 0.4) is 0 Å². The first kappa shape index (κ1) is 16.4. The number of halogens is 2. The van der Waals surface area contributed by atoms with Crippen molar-refractivity contribution >= 4 is 50.4 Å². The molecule has 0 spiro atoms. The number of rotatable bonds is 5. The molecule has 4 nitrogen and oxygen atoms in total. The molecule has 0 aromatic heterocycles. The molecule has 104 valence electrons. The van der Waals surface area contributed by atoms with Crippen LogP contribution in [0.1, 0.15) is 23.2 Å². The highest BCUT2D eigenvalue weighted by Gasteiger charge is 2.13. The van der Waals surface area contributed by atoms with Crippen LogP contribution in [0.4, 0.5) is 0 Å². The molecule has 0 radical (unpaired) electrons. The monoisotopic (exact) mass is 439 g/mol. The average Bonchev–Trinajstić information content (AvgIpc) is 2.40. The normalized spacial score (nSPS) is 10.1. The van der Waals surface area contributed by atoms with Gasteiger partial charge in [-0.2, -0.15) is 0 Å². The van der Waals surface area contributed by atoms with Gasteiger partial charge in [-0.25, -0.2) is 0 Å². The van der Waals surface area contributed by atoms with Crippen molar-refractivity contribution in [1.29, 1.82) is 0 Å². The van der Waals surface area contributed by atoms with Crippen LogP contribution in [0.2, 0.25) is 0 Å². The van der Waals surface area contributed by atoms with E-state index < -0.39 is 0 Å². The molecular formula is C13H15BrINO3. The summed E-state index contributed by atoms with van der Waals surface area (Å²) in [5.74, 6) is -0.306. The summed E-state index contributed by atoms with van der Waals surface area (Å²) in [5.41, 5.74) is 0.632. The summed E-state index contributed by atoms with van der Waals surface area (Å²) in [6, 6.07) is 5.49. The minimum atomic E-state index is -0.252. The first-order valence-corrected chi connectivity index (χ1v) is 7.60. The highest BCUT2D eigenvalue weighted by atomic mass is 127. The Bertz CT molecular complexity index is 479. The maximum Gasteiger partial charge on any atom is 0.305 e. The van der Waals surface area contributed by atoms with Crippen LogP contribution < -0.4 is 0 Å². The molecule has 0 N–H and O–H groups in total. The fraction of sp³-hybridized carbons (Fsp3) is 0.385. The lowest BCUT2D eigenvalue weighted by atomic mass is 10.2. The maximum atomic E-state index is 12.1. The third-order valence-corrected chi connectivity index (χ3v) is 4.95. The number of esters is 1. The molecule has 6 heteroatoms. The van der Waals surface area contributed by atoms with Crippen molar-refractivity contribution in [3.8, 4) is 0 Å². The van der Waals surface area contributed by atoms with Crippen LogP contribution in [-0.2, 0) is 9.53 Å². The van der Waals surface area contributed by atoms with Crippen molar-refractivity contribution in [2.45, 2.75) is 12.8 Å². The van der Waals surface area contributed by atoms with Crippen LogP contribution in [-0.4, -0.2) is 37.5 Å². The largest absolute Gasteiger partial charge is 0.469 e. The molecule has 1 rings (SSSR count). The number of carbonyl (C=O) groups excluding carboxylic acids is 2. The Morgan fingerprint density at radius 1 is 1.42 bits per heavy atom. The molecule has 0 aliphatic carbocycles. The Balaban J connectivity index is 2.56. The van der Waals surface area contributed by atoms with E-state index in [0.717, 1.165) is 8.04 Å². The number of carbonyl (C=O) groups is 2. The molecular weight excluding hydrogens is 425 g/mol. The zero-order valence-electron chi connectivity index (χ0n) is 10.8. The average molecular weight is 440 g/mol. The second kappa shape index (κ2) is 7.84. The van der Waals surface area contributed by atoms with E-state index in [9.17, 15) is 9.59 Å². The molecule has 0 atom stereocenters. The van der Waals surface area contributed by atoms with Gasteiger partial charge in [0.25, 0.3) is 5.91 Å². The highest BCUT2D eigenvalue weighted by Crippen LogP contribution is 2.21. The summed E-state index contributed by atoms with van der Waals surface area (Å²) >= 11 is 5.60. The Morgan fingerprint density at radius 3 is 2.68 bits per heavy atom. The van der Waals surface area contributed by atoms with Gasteiger partial charge in [0.05, 0.1) is 7.11 Å². The number of nitrogens with zero attached hydrogens (tertiary/aromatic N) is 1. The van der Waals surface area contributed by atoms with Gasteiger partial charge in [-0.15, -0.1) is 0 Å². The third kappa shape index (κ3) is 5.10. The summed E-state index contributed by atoms with van der Waals surface area (Å²) in [5, 5.41) is 0. The minimum absolute atomic E-state index is 0.0537. The van der Waals surface area contributed by atoms with E-state index in [1.165, 1.54) is 7.11 Å². The first-order valence-electron chi connectivity index (χ1n) is 5.73. The standard InChI is InChI=1S/C13H15BrINO3/c1-16(7-3-4-12(17)19-2)13(18)9-5-6-11(15)10(14)8-9/h5-6,8H,3-4,7H2,1-2H3. The van der Waals surface area contributed by atoms with Gasteiger partial charge < -0.3 is 9.64 Å². The number of benzene rings is 1. The molecule has 0 aliphatic heterocycles. The molecule has 1 aromatic carbocycles. The van der Waals surface area contributed by atoms with Gasteiger partial charge in [-0.05, 0) is 63.1 Å². The molecule has 0 saturated heterocycles. The van der Waals surface area contributed by atoms with Crippen LogP contribution in [0.5, 0.6) is 0 Å². The van der Waals surface area contributed by atoms with Crippen molar-refractivity contribution in [2.24, 2.45) is 0 Å². The van der Waals surface area contributed by atoms with Gasteiger partial charge >= 0.3 is 5.97 Å². The fourth-order valence-corrected chi connectivity index (χ4v) is 2.23. The van der Waals surface area contributed by atoms with E-state index in [2.05, 4.69) is 43.3 Å². The predicted molar refractivity (Wildman–Crippen MR) is 85.1 cm³/mol. The third-order valence-electron chi connectivity index (χ3n) is 2.62. The van der Waals surface area contributed by atoms with E-state index in [0.29, 0.717) is 24.9 Å². The molecule has 0 saturated carbocycles. The summed E-state index contributed by atoms with van der Waals surface area (Å²) in [6.07, 6.45) is 0.922. The van der Waals surface area contributed by atoms with Crippen molar-refractivity contribution in [2.75, 3.05) is 20.7 Å². The van der Waals surface area contributed by atoms with E-state index in [-0.39, 0.29) is 11.9 Å². The maximum absolute atomic E-state index is 12.1. The molecule has 0 fully saturated rings. The van der Waals surface area contributed by atoms with Gasteiger partial charge in [0.2, 0.25) is 0 Å². The van der Waals surface area contributed by atoms with Crippen LogP contribution >= 0.6 is 38.5 Å². The molecule has 19 heavy (non-hydrogen) atoms. The van der Waals surface area contributed by atoms with Crippen LogP contribution in [0.25, 0.3) is 0 Å². The van der Waals surface area contributed by atoms with Crippen molar-refractivity contribution in [3.63, 3.8) is 0 Å². The van der Waals surface area contributed by atoms with E-state index in [1.807, 2.05) is 6.07 Å². The Kier molecular flexibility index (Phi) is 6.78. The lowest BCUT2D eigenvalue weighted by Gasteiger charge is -2.17. The molecule has 0 heterocycles. The van der Waals surface area contributed by atoms with Crippen LogP contribution in [0.15, 0.2) is 22.7 Å². The summed E-state index contributed by atoms with van der Waals surface area (Å²) in [6.45, 7) is 0.525. The second-order valence-electron chi connectivity index (χ2n) is 4.04. The van der Waals surface area contributed by atoms with Gasteiger partial charge in [-0.1, -0.05) is 0 Å². The number of amides is 1. The quantitative estimate of drug-likeness (QED) is 0.523. The summed E-state index contributed by atoms with van der Waals surface area (Å²) < 4.78 is 6.52. The zero-order valence-corrected chi connectivity index (χ0v) is 14.5. The molecule has 1 aromatic rings. The minimum Gasteiger partial charge on any atom is -0.469 e. The predicted octanol–water partition coefficient (Wildman–Crippen LogP) is 3.08. The SMILES string of the molecule is COC(=O)CCCN(C)C(=O)c1ccc(I)c(Br)c1. The molecule has 1 amide bonds. The van der Waals surface area contributed by atoms with Gasteiger partial charge in [0, 0.05) is 33.6 Å². The van der Waals surface area contributed by atoms with E-state index in [4.69, 9.17) is 0 Å². The number of ether oxygens (including phenoxy) is 1. The summed E-state index contributed by atoms with van der Waals surface area (Å²) in [7, 11) is 3.09. The second-order valence-corrected chi connectivity index (χ2v) is 6.05. The number of hydrogen-bond acceptors (Lipinski definition) is 3. The van der Waals surface area contributed by atoms with Crippen LogP contribution in [0, 0.1) is 3.57 Å². The van der Waals surface area contributed by atoms with E-state index >= 15 is 0 Å².